The summed E-state index contributed by atoms with van der Waals surface area (Å²) in [6, 6.07) is 6.67. The van der Waals surface area contributed by atoms with E-state index in [1.807, 2.05) is 6.07 Å². The van der Waals surface area contributed by atoms with Crippen LogP contribution in [0.4, 0.5) is 5.82 Å². The molecule has 0 fully saturated rings. The summed E-state index contributed by atoms with van der Waals surface area (Å²) in [5.41, 5.74) is 3.74. The molecular formula is C18H13N7O2S. The van der Waals surface area contributed by atoms with Gasteiger partial charge in [0.1, 0.15) is 22.0 Å². The highest BCUT2D eigenvalue weighted by molar-refractivity contribution is 7.12. The third kappa shape index (κ3) is 3.53. The first kappa shape index (κ1) is 17.6. The molecule has 9 nitrogen and oxygen atoms in total. The van der Waals surface area contributed by atoms with E-state index in [0.717, 1.165) is 16.0 Å². The van der Waals surface area contributed by atoms with Crippen LogP contribution >= 0.6 is 11.3 Å². The van der Waals surface area contributed by atoms with Crippen molar-refractivity contribution in [2.75, 3.05) is 12.4 Å². The molecule has 0 atom stereocenters. The molecule has 10 heteroatoms. The number of rotatable bonds is 4. The highest BCUT2D eigenvalue weighted by Crippen LogP contribution is 2.24. The molecule has 4 aromatic rings. The zero-order valence-corrected chi connectivity index (χ0v) is 15.4. The molecule has 0 aliphatic carbocycles. The Kier molecular flexibility index (Phi) is 4.68. The van der Waals surface area contributed by atoms with Gasteiger partial charge in [-0.3, -0.25) is 19.6 Å². The van der Waals surface area contributed by atoms with E-state index in [2.05, 4.69) is 35.8 Å². The molecule has 2 amide bonds. The van der Waals surface area contributed by atoms with Crippen LogP contribution in [0, 0.1) is 0 Å². The van der Waals surface area contributed by atoms with Crippen LogP contribution in [0.3, 0.4) is 0 Å². The Morgan fingerprint density at radius 3 is 2.61 bits per heavy atom. The van der Waals surface area contributed by atoms with Gasteiger partial charge in [-0.1, -0.05) is 11.3 Å². The Balaban J connectivity index is 1.57. The molecule has 4 rings (SSSR count). The number of fused-ring (bicyclic) bond motifs is 1. The van der Waals surface area contributed by atoms with Crippen molar-refractivity contribution in [3.63, 3.8) is 0 Å². The predicted molar refractivity (Wildman–Crippen MR) is 104 cm³/mol. The van der Waals surface area contributed by atoms with E-state index in [9.17, 15) is 9.59 Å². The first-order valence-corrected chi connectivity index (χ1v) is 9.04. The third-order valence-electron chi connectivity index (χ3n) is 3.90. The molecule has 0 unspecified atom stereocenters. The molecule has 0 spiro atoms. The molecule has 0 bridgehead atoms. The summed E-state index contributed by atoms with van der Waals surface area (Å²) in [5.74, 6) is -0.318. The summed E-state index contributed by atoms with van der Waals surface area (Å²) >= 11 is 1.42. The highest BCUT2D eigenvalue weighted by Gasteiger charge is 2.11. The van der Waals surface area contributed by atoms with Gasteiger partial charge in [0, 0.05) is 30.4 Å². The number of nitrogens with one attached hydrogen (secondary N) is 2. The first-order valence-electron chi connectivity index (χ1n) is 8.16. The van der Waals surface area contributed by atoms with E-state index >= 15 is 0 Å². The second-order valence-electron chi connectivity index (χ2n) is 5.70. The van der Waals surface area contributed by atoms with Gasteiger partial charge in [-0.05, 0) is 24.3 Å². The van der Waals surface area contributed by atoms with Crippen LogP contribution < -0.4 is 10.6 Å². The van der Waals surface area contributed by atoms with E-state index in [4.69, 9.17) is 0 Å². The fourth-order valence-electron chi connectivity index (χ4n) is 2.49. The molecule has 4 aromatic heterocycles. The third-order valence-corrected chi connectivity index (χ3v) is 4.64. The first-order chi connectivity index (χ1) is 13.6. The zero-order chi connectivity index (χ0) is 19.5. The summed E-state index contributed by atoms with van der Waals surface area (Å²) in [5, 5.41) is 14.6. The predicted octanol–water partition coefficient (Wildman–Crippen LogP) is 2.16. The lowest BCUT2D eigenvalue weighted by Crippen LogP contribution is -2.20. The van der Waals surface area contributed by atoms with Gasteiger partial charge in [-0.15, -0.1) is 10.2 Å². The zero-order valence-electron chi connectivity index (χ0n) is 14.6. The minimum atomic E-state index is -0.379. The van der Waals surface area contributed by atoms with Crippen LogP contribution in [0.1, 0.15) is 20.8 Å². The van der Waals surface area contributed by atoms with E-state index in [1.54, 1.807) is 24.0 Å². The van der Waals surface area contributed by atoms with Crippen molar-refractivity contribution in [2.24, 2.45) is 0 Å². The van der Waals surface area contributed by atoms with Gasteiger partial charge in [-0.25, -0.2) is 4.98 Å². The Labute approximate surface area is 162 Å². The maximum Gasteiger partial charge on any atom is 0.269 e. The SMILES string of the molecule is CNC(=O)c1ccc(C(=O)Nc2cc3cc(-c4nncs4)cnc3cn2)cn1. The number of carbonyl (C=O) groups excluding carboxylic acids is 2. The van der Waals surface area contributed by atoms with Crippen molar-refractivity contribution in [3.8, 4) is 10.6 Å². The fraction of sp³-hybridized carbons (Fsp3) is 0.0556. The minimum absolute atomic E-state index is 0.234. The smallest absolute Gasteiger partial charge is 0.269 e. The monoisotopic (exact) mass is 391 g/mol. The summed E-state index contributed by atoms with van der Waals surface area (Å²) in [4.78, 5) is 36.5. The largest absolute Gasteiger partial charge is 0.354 e. The van der Waals surface area contributed by atoms with Gasteiger partial charge in [-0.2, -0.15) is 0 Å². The van der Waals surface area contributed by atoms with E-state index in [1.165, 1.54) is 36.7 Å². The van der Waals surface area contributed by atoms with Gasteiger partial charge in [0.25, 0.3) is 11.8 Å². The molecule has 138 valence electrons. The van der Waals surface area contributed by atoms with Crippen molar-refractivity contribution >= 4 is 39.9 Å². The van der Waals surface area contributed by atoms with Gasteiger partial charge >= 0.3 is 0 Å². The highest BCUT2D eigenvalue weighted by atomic mass is 32.1. The number of amides is 2. The second kappa shape index (κ2) is 7.45. The second-order valence-corrected chi connectivity index (χ2v) is 6.53. The number of pyridine rings is 3. The number of anilines is 1. The van der Waals surface area contributed by atoms with Gasteiger partial charge in [0.2, 0.25) is 0 Å². The average molecular weight is 391 g/mol. The van der Waals surface area contributed by atoms with Crippen LogP contribution in [-0.2, 0) is 0 Å². The standard InChI is InChI=1S/C18H13N7O2S/c1-19-17(27)13-3-2-10(6-20-13)16(26)24-15-5-11-4-12(18-25-23-9-28-18)7-21-14(11)8-22-15/h2-9H,1H3,(H,19,27)(H,22,24,26). The molecule has 0 aliphatic rings. The normalized spacial score (nSPS) is 10.6. The number of hydrogen-bond acceptors (Lipinski definition) is 8. The quantitative estimate of drug-likeness (QED) is 0.546. The Morgan fingerprint density at radius 2 is 1.89 bits per heavy atom. The van der Waals surface area contributed by atoms with Crippen molar-refractivity contribution in [2.45, 2.75) is 0 Å². The molecule has 0 saturated heterocycles. The van der Waals surface area contributed by atoms with E-state index in [0.29, 0.717) is 16.9 Å². The number of carbonyl (C=O) groups is 2. The molecule has 28 heavy (non-hydrogen) atoms. The average Bonchev–Trinajstić information content (AvgIpc) is 3.27. The summed E-state index contributed by atoms with van der Waals surface area (Å²) < 4.78 is 0. The van der Waals surface area contributed by atoms with Gasteiger partial charge < -0.3 is 10.6 Å². The van der Waals surface area contributed by atoms with Crippen LogP contribution in [0.5, 0.6) is 0 Å². The maximum absolute atomic E-state index is 12.4. The van der Waals surface area contributed by atoms with E-state index in [-0.39, 0.29) is 17.5 Å². The molecule has 2 N–H and O–H groups in total. The Bertz CT molecular complexity index is 1160. The van der Waals surface area contributed by atoms with Crippen LogP contribution in [0.15, 0.2) is 48.4 Å². The molecule has 0 saturated carbocycles. The molecule has 0 radical (unpaired) electrons. The van der Waals surface area contributed by atoms with Gasteiger partial charge in [0.15, 0.2) is 0 Å². The number of nitrogens with zero attached hydrogens (tertiary/aromatic N) is 5. The van der Waals surface area contributed by atoms with Crippen molar-refractivity contribution in [3.05, 3.63) is 59.6 Å². The van der Waals surface area contributed by atoms with Crippen LogP contribution in [0.25, 0.3) is 21.5 Å². The minimum Gasteiger partial charge on any atom is -0.354 e. The molecule has 4 heterocycles. The lowest BCUT2D eigenvalue weighted by atomic mass is 10.2. The lowest BCUT2D eigenvalue weighted by molar-refractivity contribution is 0.0955. The lowest BCUT2D eigenvalue weighted by Gasteiger charge is -2.06. The number of aromatic nitrogens is 5. The number of hydrogen-bond donors (Lipinski definition) is 2. The summed E-state index contributed by atoms with van der Waals surface area (Å²) in [7, 11) is 1.52. The van der Waals surface area contributed by atoms with Gasteiger partial charge in [0.05, 0.1) is 17.3 Å². The van der Waals surface area contributed by atoms with Crippen molar-refractivity contribution in [1.82, 2.24) is 30.5 Å². The molecule has 0 aliphatic heterocycles. The summed E-state index contributed by atoms with van der Waals surface area (Å²) in [6.07, 6.45) is 4.64. The van der Waals surface area contributed by atoms with Crippen molar-refractivity contribution < 1.29 is 9.59 Å². The summed E-state index contributed by atoms with van der Waals surface area (Å²) in [6.45, 7) is 0. The van der Waals surface area contributed by atoms with Crippen molar-refractivity contribution in [1.29, 1.82) is 0 Å². The van der Waals surface area contributed by atoms with Crippen LogP contribution in [0.2, 0.25) is 0 Å². The topological polar surface area (TPSA) is 123 Å². The Morgan fingerprint density at radius 1 is 1.00 bits per heavy atom. The fourth-order valence-corrected chi connectivity index (χ4v) is 3.03. The van der Waals surface area contributed by atoms with Crippen LogP contribution in [-0.4, -0.2) is 44.0 Å². The molecule has 0 aromatic carbocycles. The van der Waals surface area contributed by atoms with E-state index < -0.39 is 0 Å². The molecular weight excluding hydrogens is 378 g/mol. The Hall–Kier alpha value is -3.79. The maximum atomic E-state index is 12.4.